The maximum absolute atomic E-state index is 12.8. The summed E-state index contributed by atoms with van der Waals surface area (Å²) in [5.41, 5.74) is 1.82. The van der Waals surface area contributed by atoms with Crippen molar-refractivity contribution in [1.82, 2.24) is 20.6 Å². The van der Waals surface area contributed by atoms with Crippen LogP contribution in [0.5, 0.6) is 0 Å². The molecule has 152 valence electrons. The standard InChI is InChI=1S/C21H27BN4O3/c1-4-16-12-24-18(13-23-16)21(28)25-17(11-15-8-6-5-7-9-15)20(27)26-19(22-29)10-14(2)3/h5-9,12-14,17,19H,4,10-11H2,1-3H3,(H,25,28)(H,26,27)/t17-,19-/m0/s1. The zero-order valence-corrected chi connectivity index (χ0v) is 17.1. The molecule has 2 aromatic rings. The van der Waals surface area contributed by atoms with Crippen LogP contribution in [0.2, 0.25) is 0 Å². The van der Waals surface area contributed by atoms with Gasteiger partial charge in [0.2, 0.25) is 0 Å². The fourth-order valence-electron chi connectivity index (χ4n) is 2.89. The Balaban J connectivity index is 2.15. The van der Waals surface area contributed by atoms with Gasteiger partial charge < -0.3 is 0 Å². The molecule has 0 radical (unpaired) electrons. The third-order valence-corrected chi connectivity index (χ3v) is 4.42. The molecular weight excluding hydrogens is 367 g/mol. The molecule has 1 aromatic heterocycles. The fraction of sp³-hybridized carbons (Fsp3) is 0.429. The van der Waals surface area contributed by atoms with Gasteiger partial charge in [0.1, 0.15) is 0 Å². The first-order chi connectivity index (χ1) is 13.9. The molecule has 0 saturated carbocycles. The van der Waals surface area contributed by atoms with Crippen molar-refractivity contribution >= 4 is 19.0 Å². The van der Waals surface area contributed by atoms with E-state index in [-0.39, 0.29) is 11.6 Å². The molecule has 2 amide bonds. The fourth-order valence-corrected chi connectivity index (χ4v) is 2.89. The van der Waals surface area contributed by atoms with Gasteiger partial charge in [0.05, 0.1) is 0 Å². The number of carbonyl (C=O) groups excluding carboxylic acids is 2. The molecule has 0 aliphatic carbocycles. The van der Waals surface area contributed by atoms with Crippen molar-refractivity contribution in [2.45, 2.75) is 52.0 Å². The van der Waals surface area contributed by atoms with Crippen LogP contribution in [0.4, 0.5) is 0 Å². The summed E-state index contributed by atoms with van der Waals surface area (Å²) in [5.74, 6) is -1.23. The molecule has 29 heavy (non-hydrogen) atoms. The number of hydrogen-bond donors (Lipinski definition) is 2. The van der Waals surface area contributed by atoms with E-state index in [9.17, 15) is 14.3 Å². The quantitative estimate of drug-likeness (QED) is 0.600. The number of hydrogen-bond acceptors (Lipinski definition) is 5. The van der Waals surface area contributed by atoms with Gasteiger partial charge in [-0.1, -0.05) is 0 Å². The van der Waals surface area contributed by atoms with Crippen molar-refractivity contribution in [1.29, 1.82) is 0 Å². The van der Waals surface area contributed by atoms with Crippen molar-refractivity contribution < 1.29 is 14.3 Å². The normalized spacial score (nSPS) is 12.7. The summed E-state index contributed by atoms with van der Waals surface area (Å²) < 4.78 is 11.3. The zero-order chi connectivity index (χ0) is 21.2. The van der Waals surface area contributed by atoms with Gasteiger partial charge in [-0.05, 0) is 0 Å². The number of amides is 2. The molecule has 2 N–H and O–H groups in total. The Labute approximate surface area is 172 Å². The second kappa shape index (κ2) is 11.2. The minimum atomic E-state index is -0.841. The van der Waals surface area contributed by atoms with Gasteiger partial charge in [-0.25, -0.2) is 0 Å². The van der Waals surface area contributed by atoms with Crippen LogP contribution in [0.15, 0.2) is 42.7 Å². The van der Waals surface area contributed by atoms with Gasteiger partial charge in [0.15, 0.2) is 0 Å². The van der Waals surface area contributed by atoms with E-state index in [4.69, 9.17) is 0 Å². The number of nitrogens with zero attached hydrogens (tertiary/aromatic N) is 2. The topological polar surface area (TPSA) is 101 Å². The van der Waals surface area contributed by atoms with Gasteiger partial charge in [-0.2, -0.15) is 0 Å². The molecule has 2 rings (SSSR count). The summed E-state index contributed by atoms with van der Waals surface area (Å²) in [6.07, 6.45) is 4.50. The third kappa shape index (κ3) is 7.21. The minimum absolute atomic E-state index is 0.141. The van der Waals surface area contributed by atoms with Crippen LogP contribution in [0.25, 0.3) is 0 Å². The molecule has 7 nitrogen and oxygen atoms in total. The van der Waals surface area contributed by atoms with Crippen LogP contribution >= 0.6 is 0 Å². The van der Waals surface area contributed by atoms with Crippen LogP contribution in [-0.4, -0.2) is 40.9 Å². The maximum atomic E-state index is 12.8. The first kappa shape index (κ1) is 22.4. The Morgan fingerprint density at radius 3 is 2.34 bits per heavy atom. The molecule has 1 aromatic carbocycles. The summed E-state index contributed by atoms with van der Waals surface area (Å²) in [4.78, 5) is 33.8. The van der Waals surface area contributed by atoms with E-state index in [2.05, 4.69) is 20.6 Å². The second-order valence-electron chi connectivity index (χ2n) is 7.34. The monoisotopic (exact) mass is 394 g/mol. The second-order valence-corrected chi connectivity index (χ2v) is 7.34. The summed E-state index contributed by atoms with van der Waals surface area (Å²) in [6.45, 7) is 5.90. The van der Waals surface area contributed by atoms with Crippen LogP contribution in [0.1, 0.15) is 48.9 Å². The van der Waals surface area contributed by atoms with E-state index in [1.54, 1.807) is 6.20 Å². The van der Waals surface area contributed by atoms with E-state index in [1.165, 1.54) is 6.20 Å². The van der Waals surface area contributed by atoms with Crippen LogP contribution in [-0.2, 0) is 22.3 Å². The molecule has 1 heterocycles. The average Bonchev–Trinajstić information content (AvgIpc) is 2.73. The Morgan fingerprint density at radius 2 is 1.79 bits per heavy atom. The van der Waals surface area contributed by atoms with Crippen LogP contribution in [0.3, 0.4) is 0 Å². The predicted molar refractivity (Wildman–Crippen MR) is 111 cm³/mol. The Morgan fingerprint density at radius 1 is 1.07 bits per heavy atom. The Hall–Kier alpha value is -2.90. The van der Waals surface area contributed by atoms with E-state index in [0.29, 0.717) is 12.8 Å². The van der Waals surface area contributed by atoms with E-state index in [0.717, 1.165) is 24.8 Å². The average molecular weight is 394 g/mol. The predicted octanol–water partition coefficient (Wildman–Crippen LogP) is 1.92. The van der Waals surface area contributed by atoms with Crippen LogP contribution in [0, 0.1) is 5.92 Å². The summed E-state index contributed by atoms with van der Waals surface area (Å²) >= 11 is 0. The third-order valence-electron chi connectivity index (χ3n) is 4.42. The molecule has 0 spiro atoms. The molecule has 2 atom stereocenters. The van der Waals surface area contributed by atoms with Crippen molar-refractivity contribution in [3.63, 3.8) is 0 Å². The first-order valence-electron chi connectivity index (χ1n) is 9.84. The van der Waals surface area contributed by atoms with Crippen molar-refractivity contribution in [2.75, 3.05) is 0 Å². The van der Waals surface area contributed by atoms with Gasteiger partial charge >= 0.3 is 171 Å². The van der Waals surface area contributed by atoms with E-state index >= 15 is 0 Å². The molecule has 0 aliphatic heterocycles. The van der Waals surface area contributed by atoms with Gasteiger partial charge in [0.25, 0.3) is 0 Å². The number of carbonyl (C=O) groups is 2. The SMILES string of the molecule is CCc1cnc(C(=O)N[C@@H](Cc2ccccc2)C(=O)N[C@H](B=O)CC(C)C)cn1. The summed E-state index contributed by atoms with van der Waals surface area (Å²) in [6, 6.07) is 8.54. The van der Waals surface area contributed by atoms with Gasteiger partial charge in [0, 0.05) is 0 Å². The number of nitrogens with one attached hydrogen (secondary N) is 2. The Bertz CT molecular complexity index is 812. The molecule has 0 aliphatic rings. The number of aromatic nitrogens is 2. The number of aryl methyl sites for hydroxylation is 1. The van der Waals surface area contributed by atoms with E-state index in [1.807, 2.05) is 51.1 Å². The molecular formula is C21H27BN4O3. The van der Waals surface area contributed by atoms with Crippen LogP contribution < -0.4 is 10.6 Å². The van der Waals surface area contributed by atoms with Gasteiger partial charge in [-0.15, -0.1) is 0 Å². The molecule has 0 bridgehead atoms. The molecule has 0 saturated heterocycles. The molecule has 0 fully saturated rings. The van der Waals surface area contributed by atoms with Crippen molar-refractivity contribution in [3.8, 4) is 0 Å². The first-order valence-corrected chi connectivity index (χ1v) is 9.84. The number of rotatable bonds is 10. The Kier molecular flexibility index (Phi) is 8.64. The van der Waals surface area contributed by atoms with Gasteiger partial charge in [-0.3, -0.25) is 0 Å². The summed E-state index contributed by atoms with van der Waals surface area (Å²) in [7, 11) is 0.730. The summed E-state index contributed by atoms with van der Waals surface area (Å²) in [5, 5.41) is 5.47. The zero-order valence-electron chi connectivity index (χ0n) is 17.1. The van der Waals surface area contributed by atoms with Crippen molar-refractivity contribution in [2.24, 2.45) is 5.92 Å². The van der Waals surface area contributed by atoms with E-state index < -0.39 is 23.8 Å². The number of benzene rings is 1. The molecule has 0 unspecified atom stereocenters. The molecule has 8 heteroatoms. The van der Waals surface area contributed by atoms with Crippen molar-refractivity contribution in [3.05, 3.63) is 59.7 Å².